The molecule has 1 aliphatic carbocycles. The second-order valence-electron chi connectivity index (χ2n) is 5.24. The standard InChI is InChI=1S/C16H24O2/c1-3-16(17-2)11-9-15(10-12-16)18-13-14-7-5-4-6-8-14/h4-8,15H,3,9-13H2,1-2H3. The highest BCUT2D eigenvalue weighted by Crippen LogP contribution is 2.35. The van der Waals surface area contributed by atoms with Crippen molar-refractivity contribution in [2.24, 2.45) is 0 Å². The molecule has 0 heterocycles. The maximum Gasteiger partial charge on any atom is 0.0720 e. The molecule has 2 heteroatoms. The second kappa shape index (κ2) is 6.35. The van der Waals surface area contributed by atoms with Gasteiger partial charge in [0.1, 0.15) is 0 Å². The second-order valence-corrected chi connectivity index (χ2v) is 5.24. The van der Waals surface area contributed by atoms with Crippen LogP contribution in [-0.4, -0.2) is 18.8 Å². The average Bonchev–Trinajstić information content (AvgIpc) is 2.47. The van der Waals surface area contributed by atoms with Gasteiger partial charge in [-0.05, 0) is 37.7 Å². The van der Waals surface area contributed by atoms with E-state index in [9.17, 15) is 0 Å². The number of rotatable bonds is 5. The minimum Gasteiger partial charge on any atom is -0.378 e. The molecule has 0 saturated heterocycles. The molecular formula is C16H24O2. The topological polar surface area (TPSA) is 18.5 Å². The van der Waals surface area contributed by atoms with Crippen LogP contribution in [0.15, 0.2) is 30.3 Å². The summed E-state index contributed by atoms with van der Waals surface area (Å²) in [5, 5.41) is 0. The molecule has 18 heavy (non-hydrogen) atoms. The van der Waals surface area contributed by atoms with Gasteiger partial charge >= 0.3 is 0 Å². The van der Waals surface area contributed by atoms with Crippen LogP contribution >= 0.6 is 0 Å². The molecule has 100 valence electrons. The minimum absolute atomic E-state index is 0.118. The maximum absolute atomic E-state index is 6.00. The third-order valence-corrected chi connectivity index (χ3v) is 4.25. The molecule has 1 fully saturated rings. The fourth-order valence-electron chi connectivity index (χ4n) is 2.77. The van der Waals surface area contributed by atoms with Gasteiger partial charge in [0.25, 0.3) is 0 Å². The Labute approximate surface area is 110 Å². The zero-order chi connectivity index (χ0) is 12.8. The fraction of sp³-hybridized carbons (Fsp3) is 0.625. The molecule has 0 bridgehead atoms. The van der Waals surface area contributed by atoms with Gasteiger partial charge in [-0.15, -0.1) is 0 Å². The van der Waals surface area contributed by atoms with E-state index in [0.29, 0.717) is 6.10 Å². The van der Waals surface area contributed by atoms with Crippen LogP contribution in [0.4, 0.5) is 0 Å². The maximum atomic E-state index is 6.00. The van der Waals surface area contributed by atoms with Crippen LogP contribution in [0, 0.1) is 0 Å². The van der Waals surface area contributed by atoms with Gasteiger partial charge in [-0.1, -0.05) is 37.3 Å². The first kappa shape index (κ1) is 13.6. The minimum atomic E-state index is 0.118. The third kappa shape index (κ3) is 3.33. The van der Waals surface area contributed by atoms with Crippen molar-refractivity contribution in [2.45, 2.75) is 57.3 Å². The highest BCUT2D eigenvalue weighted by atomic mass is 16.5. The molecule has 0 radical (unpaired) electrons. The summed E-state index contributed by atoms with van der Waals surface area (Å²) in [6.07, 6.45) is 6.00. The first-order valence-corrected chi connectivity index (χ1v) is 6.99. The van der Waals surface area contributed by atoms with Crippen molar-refractivity contribution in [3.05, 3.63) is 35.9 Å². The Morgan fingerprint density at radius 2 is 1.83 bits per heavy atom. The highest BCUT2D eigenvalue weighted by molar-refractivity contribution is 5.13. The molecule has 0 atom stereocenters. The largest absolute Gasteiger partial charge is 0.378 e. The molecule has 0 aliphatic heterocycles. The lowest BCUT2D eigenvalue weighted by molar-refractivity contribution is -0.0841. The van der Waals surface area contributed by atoms with Crippen molar-refractivity contribution in [3.8, 4) is 0 Å². The van der Waals surface area contributed by atoms with E-state index in [0.717, 1.165) is 38.7 Å². The van der Waals surface area contributed by atoms with Crippen molar-refractivity contribution >= 4 is 0 Å². The zero-order valence-corrected chi connectivity index (χ0v) is 11.5. The summed E-state index contributed by atoms with van der Waals surface area (Å²) in [6.45, 7) is 2.95. The van der Waals surface area contributed by atoms with Gasteiger partial charge in [-0.3, -0.25) is 0 Å². The summed E-state index contributed by atoms with van der Waals surface area (Å²) in [7, 11) is 1.84. The molecule has 1 aliphatic rings. The fourth-order valence-corrected chi connectivity index (χ4v) is 2.77. The Morgan fingerprint density at radius 1 is 1.17 bits per heavy atom. The predicted octanol–water partition coefficient (Wildman–Crippen LogP) is 3.94. The van der Waals surface area contributed by atoms with Gasteiger partial charge in [0.05, 0.1) is 18.3 Å². The Kier molecular flexibility index (Phi) is 4.79. The molecular weight excluding hydrogens is 224 g/mol. The number of ether oxygens (including phenoxy) is 2. The molecule has 0 aromatic heterocycles. The summed E-state index contributed by atoms with van der Waals surface area (Å²) in [5.74, 6) is 0. The number of hydrogen-bond acceptors (Lipinski definition) is 2. The van der Waals surface area contributed by atoms with Crippen LogP contribution in [0.25, 0.3) is 0 Å². The van der Waals surface area contributed by atoms with Crippen molar-refractivity contribution in [2.75, 3.05) is 7.11 Å². The average molecular weight is 248 g/mol. The Hall–Kier alpha value is -0.860. The quantitative estimate of drug-likeness (QED) is 0.785. The Morgan fingerprint density at radius 3 is 2.39 bits per heavy atom. The first-order chi connectivity index (χ1) is 8.78. The van der Waals surface area contributed by atoms with Crippen LogP contribution in [0.5, 0.6) is 0 Å². The van der Waals surface area contributed by atoms with E-state index in [1.807, 2.05) is 13.2 Å². The molecule has 1 saturated carbocycles. The van der Waals surface area contributed by atoms with E-state index in [1.165, 1.54) is 5.56 Å². The number of hydrogen-bond donors (Lipinski definition) is 0. The van der Waals surface area contributed by atoms with Crippen molar-refractivity contribution in [1.82, 2.24) is 0 Å². The van der Waals surface area contributed by atoms with E-state index in [1.54, 1.807) is 0 Å². The van der Waals surface area contributed by atoms with Crippen LogP contribution in [0.2, 0.25) is 0 Å². The molecule has 0 unspecified atom stereocenters. The van der Waals surface area contributed by atoms with E-state index < -0.39 is 0 Å². The summed E-state index contributed by atoms with van der Waals surface area (Å²) in [4.78, 5) is 0. The predicted molar refractivity (Wildman–Crippen MR) is 73.5 cm³/mol. The third-order valence-electron chi connectivity index (χ3n) is 4.25. The molecule has 1 aromatic rings. The number of methoxy groups -OCH3 is 1. The van der Waals surface area contributed by atoms with Crippen LogP contribution in [0.1, 0.15) is 44.6 Å². The lowest BCUT2D eigenvalue weighted by Gasteiger charge is -2.38. The van der Waals surface area contributed by atoms with Crippen molar-refractivity contribution in [1.29, 1.82) is 0 Å². The van der Waals surface area contributed by atoms with Gasteiger partial charge in [0, 0.05) is 7.11 Å². The molecule has 1 aromatic carbocycles. The first-order valence-electron chi connectivity index (χ1n) is 6.99. The highest BCUT2D eigenvalue weighted by Gasteiger charge is 2.33. The summed E-state index contributed by atoms with van der Waals surface area (Å²) < 4.78 is 11.7. The lowest BCUT2D eigenvalue weighted by atomic mass is 9.81. The van der Waals surface area contributed by atoms with Gasteiger partial charge in [-0.25, -0.2) is 0 Å². The molecule has 0 N–H and O–H groups in total. The van der Waals surface area contributed by atoms with Crippen LogP contribution in [0.3, 0.4) is 0 Å². The van der Waals surface area contributed by atoms with Crippen LogP contribution < -0.4 is 0 Å². The normalized spacial score (nSPS) is 28.2. The van der Waals surface area contributed by atoms with Crippen molar-refractivity contribution in [3.63, 3.8) is 0 Å². The Balaban J connectivity index is 1.77. The van der Waals surface area contributed by atoms with Gasteiger partial charge in [-0.2, -0.15) is 0 Å². The SMILES string of the molecule is CCC1(OC)CCC(OCc2ccccc2)CC1. The summed E-state index contributed by atoms with van der Waals surface area (Å²) in [6, 6.07) is 10.4. The lowest BCUT2D eigenvalue weighted by Crippen LogP contribution is -2.37. The van der Waals surface area contributed by atoms with E-state index in [-0.39, 0.29) is 5.60 Å². The van der Waals surface area contributed by atoms with Crippen molar-refractivity contribution < 1.29 is 9.47 Å². The summed E-state index contributed by atoms with van der Waals surface area (Å²) >= 11 is 0. The van der Waals surface area contributed by atoms with E-state index in [2.05, 4.69) is 31.2 Å². The van der Waals surface area contributed by atoms with Gasteiger partial charge < -0.3 is 9.47 Å². The molecule has 0 spiro atoms. The number of benzene rings is 1. The monoisotopic (exact) mass is 248 g/mol. The zero-order valence-electron chi connectivity index (χ0n) is 11.5. The van der Waals surface area contributed by atoms with E-state index in [4.69, 9.17) is 9.47 Å². The smallest absolute Gasteiger partial charge is 0.0720 e. The van der Waals surface area contributed by atoms with E-state index >= 15 is 0 Å². The Bertz CT molecular complexity index is 333. The molecule has 2 rings (SSSR count). The van der Waals surface area contributed by atoms with Gasteiger partial charge in [0.2, 0.25) is 0 Å². The molecule has 0 amide bonds. The van der Waals surface area contributed by atoms with Gasteiger partial charge in [0.15, 0.2) is 0 Å². The molecule has 2 nitrogen and oxygen atoms in total. The summed E-state index contributed by atoms with van der Waals surface area (Å²) in [5.41, 5.74) is 1.38. The van der Waals surface area contributed by atoms with Crippen LogP contribution in [-0.2, 0) is 16.1 Å².